The second-order valence-electron chi connectivity index (χ2n) is 6.76. The number of rotatable bonds is 7. The van der Waals surface area contributed by atoms with Crippen LogP contribution in [-0.4, -0.2) is 42.3 Å². The minimum Gasteiger partial charge on any atom is -0.492 e. The first-order valence-corrected chi connectivity index (χ1v) is 11.7. The normalized spacial score (nSPS) is 14.8. The Balaban J connectivity index is 1.68. The number of thiazole rings is 1. The average Bonchev–Trinajstić information content (AvgIpc) is 3.38. The summed E-state index contributed by atoms with van der Waals surface area (Å²) in [5.74, 6) is 0.315. The molecule has 1 aliphatic heterocycles. The average molecular weight is 449 g/mol. The molecule has 0 atom stereocenters. The van der Waals surface area contributed by atoms with Crippen LogP contribution in [0.15, 0.2) is 41.3 Å². The molecule has 1 fully saturated rings. The molecule has 0 bridgehead atoms. The summed E-state index contributed by atoms with van der Waals surface area (Å²) in [5, 5.41) is 14.6. The van der Waals surface area contributed by atoms with E-state index >= 15 is 0 Å². The van der Waals surface area contributed by atoms with Crippen molar-refractivity contribution < 1.29 is 18.1 Å². The largest absolute Gasteiger partial charge is 0.492 e. The number of nitrogens with one attached hydrogen (secondary N) is 1. The summed E-state index contributed by atoms with van der Waals surface area (Å²) in [6.07, 6.45) is 1.69. The molecular weight excluding hydrogens is 428 g/mol. The van der Waals surface area contributed by atoms with Gasteiger partial charge in [-0.2, -0.15) is 4.31 Å². The Labute approximate surface area is 177 Å². The minimum absolute atomic E-state index is 0.00207. The number of sulfonamides is 1. The van der Waals surface area contributed by atoms with Crippen LogP contribution in [0.1, 0.15) is 19.8 Å². The fraction of sp³-hybridized carbons (Fsp3) is 0.316. The first kappa shape index (κ1) is 20.5. The number of hydrogen-bond donors (Lipinski definition) is 1. The highest BCUT2D eigenvalue weighted by molar-refractivity contribution is 7.89. The van der Waals surface area contributed by atoms with Crippen LogP contribution in [0.5, 0.6) is 5.75 Å². The highest BCUT2D eigenvalue weighted by atomic mass is 32.2. The van der Waals surface area contributed by atoms with Gasteiger partial charge in [0, 0.05) is 30.9 Å². The number of aromatic nitrogens is 1. The van der Waals surface area contributed by atoms with Gasteiger partial charge in [-0.15, -0.1) is 0 Å². The lowest BCUT2D eigenvalue weighted by Gasteiger charge is -2.19. The standard InChI is InChI=1S/C19H20N4O5S2/c1-2-28-16-8-5-13(11-18(16)30(26,27)22-9-3-4-10-22)20-19-21-15-7-6-14(23(24)25)12-17(15)29-19/h5-8,11-12H,2-4,9-10H2,1H3,(H,20,21). The molecule has 11 heteroatoms. The second kappa shape index (κ2) is 8.17. The maximum atomic E-state index is 13.1. The minimum atomic E-state index is -3.67. The van der Waals surface area contributed by atoms with Crippen molar-refractivity contribution in [3.05, 3.63) is 46.5 Å². The third kappa shape index (κ3) is 3.95. The van der Waals surface area contributed by atoms with E-state index in [1.807, 2.05) is 0 Å². The van der Waals surface area contributed by atoms with Crippen molar-refractivity contribution >= 4 is 48.1 Å². The van der Waals surface area contributed by atoms with Crippen LogP contribution in [0.25, 0.3) is 10.2 Å². The van der Waals surface area contributed by atoms with Gasteiger partial charge in [0.25, 0.3) is 5.69 Å². The Morgan fingerprint density at radius 2 is 2.00 bits per heavy atom. The first-order valence-electron chi connectivity index (χ1n) is 9.47. The van der Waals surface area contributed by atoms with Crippen LogP contribution in [0.4, 0.5) is 16.5 Å². The summed E-state index contributed by atoms with van der Waals surface area (Å²) in [5.41, 5.74) is 1.17. The Kier molecular flexibility index (Phi) is 5.58. The lowest BCUT2D eigenvalue weighted by molar-refractivity contribution is -0.384. The van der Waals surface area contributed by atoms with Gasteiger partial charge in [0.1, 0.15) is 10.6 Å². The van der Waals surface area contributed by atoms with E-state index in [0.717, 1.165) is 12.8 Å². The summed E-state index contributed by atoms with van der Waals surface area (Å²) in [6, 6.07) is 9.38. The zero-order valence-electron chi connectivity index (χ0n) is 16.2. The lowest BCUT2D eigenvalue weighted by Crippen LogP contribution is -2.28. The van der Waals surface area contributed by atoms with Gasteiger partial charge < -0.3 is 10.1 Å². The molecular formula is C19H20N4O5S2. The van der Waals surface area contributed by atoms with Gasteiger partial charge in [-0.05, 0) is 44.0 Å². The molecule has 2 heterocycles. The van der Waals surface area contributed by atoms with Crippen molar-refractivity contribution in [3.8, 4) is 5.75 Å². The fourth-order valence-corrected chi connectivity index (χ4v) is 5.93. The van der Waals surface area contributed by atoms with E-state index in [2.05, 4.69) is 10.3 Å². The molecule has 2 aromatic carbocycles. The van der Waals surface area contributed by atoms with Gasteiger partial charge in [-0.1, -0.05) is 11.3 Å². The molecule has 9 nitrogen and oxygen atoms in total. The number of non-ortho nitro benzene ring substituents is 1. The van der Waals surface area contributed by atoms with Gasteiger partial charge in [-0.25, -0.2) is 13.4 Å². The smallest absolute Gasteiger partial charge is 0.270 e. The van der Waals surface area contributed by atoms with Crippen LogP contribution >= 0.6 is 11.3 Å². The van der Waals surface area contributed by atoms with Crippen molar-refractivity contribution in [1.82, 2.24) is 9.29 Å². The highest BCUT2D eigenvalue weighted by Crippen LogP contribution is 2.35. The quantitative estimate of drug-likeness (QED) is 0.427. The monoisotopic (exact) mass is 448 g/mol. The maximum absolute atomic E-state index is 13.1. The fourth-order valence-electron chi connectivity index (χ4n) is 3.33. The molecule has 0 radical (unpaired) electrons. The van der Waals surface area contributed by atoms with Crippen LogP contribution < -0.4 is 10.1 Å². The number of hydrogen-bond acceptors (Lipinski definition) is 8. The Bertz CT molecular complexity index is 1200. The van der Waals surface area contributed by atoms with E-state index in [4.69, 9.17) is 4.74 Å². The molecule has 158 valence electrons. The van der Waals surface area contributed by atoms with Gasteiger partial charge in [0.2, 0.25) is 10.0 Å². The Morgan fingerprint density at radius 1 is 1.23 bits per heavy atom. The SMILES string of the molecule is CCOc1ccc(Nc2nc3ccc([N+](=O)[O-])cc3s2)cc1S(=O)(=O)N1CCCC1. The maximum Gasteiger partial charge on any atom is 0.270 e. The second-order valence-corrected chi connectivity index (χ2v) is 9.70. The van der Waals surface area contributed by atoms with Gasteiger partial charge in [-0.3, -0.25) is 10.1 Å². The molecule has 1 N–H and O–H groups in total. The Hall–Kier alpha value is -2.76. The number of nitro benzene ring substituents is 1. The van der Waals surface area contributed by atoms with E-state index < -0.39 is 14.9 Å². The summed E-state index contributed by atoms with van der Waals surface area (Å²) in [6.45, 7) is 3.16. The Morgan fingerprint density at radius 3 is 2.70 bits per heavy atom. The molecule has 0 unspecified atom stereocenters. The summed E-state index contributed by atoms with van der Waals surface area (Å²) >= 11 is 1.26. The van der Waals surface area contributed by atoms with Crippen molar-refractivity contribution in [2.75, 3.05) is 25.0 Å². The molecule has 0 amide bonds. The van der Waals surface area contributed by atoms with Crippen molar-refractivity contribution in [3.63, 3.8) is 0 Å². The summed E-state index contributed by atoms with van der Waals surface area (Å²) in [7, 11) is -3.67. The topological polar surface area (TPSA) is 115 Å². The van der Waals surface area contributed by atoms with Crippen LogP contribution in [0, 0.1) is 10.1 Å². The van der Waals surface area contributed by atoms with Crippen LogP contribution in [-0.2, 0) is 10.0 Å². The summed E-state index contributed by atoms with van der Waals surface area (Å²) < 4.78 is 33.9. The molecule has 1 saturated heterocycles. The van der Waals surface area contributed by atoms with Crippen LogP contribution in [0.2, 0.25) is 0 Å². The molecule has 1 aliphatic rings. The zero-order valence-corrected chi connectivity index (χ0v) is 17.8. The highest BCUT2D eigenvalue weighted by Gasteiger charge is 2.30. The number of nitrogens with zero attached hydrogens (tertiary/aromatic N) is 3. The number of fused-ring (bicyclic) bond motifs is 1. The molecule has 0 aliphatic carbocycles. The lowest BCUT2D eigenvalue weighted by atomic mass is 10.3. The first-order chi connectivity index (χ1) is 14.4. The molecule has 0 spiro atoms. The predicted molar refractivity (Wildman–Crippen MR) is 115 cm³/mol. The predicted octanol–water partition coefficient (Wildman–Crippen LogP) is 4.13. The summed E-state index contributed by atoms with van der Waals surface area (Å²) in [4.78, 5) is 15.1. The van der Waals surface area contributed by atoms with Crippen LogP contribution in [0.3, 0.4) is 0 Å². The number of ether oxygens (including phenoxy) is 1. The molecule has 1 aromatic heterocycles. The number of nitro groups is 1. The molecule has 3 aromatic rings. The van der Waals surface area contributed by atoms with Gasteiger partial charge in [0.15, 0.2) is 5.13 Å². The molecule has 4 rings (SSSR count). The van der Waals surface area contributed by atoms with E-state index in [9.17, 15) is 18.5 Å². The number of anilines is 2. The number of benzene rings is 2. The van der Waals surface area contributed by atoms with Crippen molar-refractivity contribution in [2.24, 2.45) is 0 Å². The van der Waals surface area contributed by atoms with Gasteiger partial charge >= 0.3 is 0 Å². The molecule has 0 saturated carbocycles. The van der Waals surface area contributed by atoms with E-state index in [1.165, 1.54) is 27.8 Å². The third-order valence-corrected chi connectivity index (χ3v) is 7.61. The molecule has 30 heavy (non-hydrogen) atoms. The van der Waals surface area contributed by atoms with E-state index in [-0.39, 0.29) is 10.6 Å². The van der Waals surface area contributed by atoms with E-state index in [0.29, 0.717) is 46.5 Å². The van der Waals surface area contributed by atoms with Crippen molar-refractivity contribution in [2.45, 2.75) is 24.7 Å². The van der Waals surface area contributed by atoms with Crippen molar-refractivity contribution in [1.29, 1.82) is 0 Å². The van der Waals surface area contributed by atoms with E-state index in [1.54, 1.807) is 31.2 Å². The zero-order chi connectivity index (χ0) is 21.3. The third-order valence-electron chi connectivity index (χ3n) is 4.76. The van der Waals surface area contributed by atoms with Gasteiger partial charge in [0.05, 0.1) is 21.7 Å².